The number of halogens is 2. The Morgan fingerprint density at radius 2 is 1.97 bits per heavy atom. The summed E-state index contributed by atoms with van der Waals surface area (Å²) in [5.74, 6) is 0.584. The van der Waals surface area contributed by atoms with E-state index in [0.717, 1.165) is 5.56 Å². The van der Waals surface area contributed by atoms with Crippen LogP contribution in [0.25, 0.3) is 22.1 Å². The van der Waals surface area contributed by atoms with E-state index in [0.29, 0.717) is 57.5 Å². The van der Waals surface area contributed by atoms with Crippen LogP contribution in [0, 0.1) is 11.3 Å². The van der Waals surface area contributed by atoms with Gasteiger partial charge in [-0.1, -0.05) is 34.4 Å². The van der Waals surface area contributed by atoms with E-state index in [-0.39, 0.29) is 23.6 Å². The van der Waals surface area contributed by atoms with E-state index in [1.54, 1.807) is 18.2 Å². The molecule has 1 aromatic carbocycles. The highest BCUT2D eigenvalue weighted by Crippen LogP contribution is 2.35. The molecule has 170 valence electrons. The molecule has 3 N–H and O–H groups in total. The first-order valence-electron chi connectivity index (χ1n) is 10.2. The summed E-state index contributed by atoms with van der Waals surface area (Å²) in [5.41, 5.74) is 8.05. The zero-order chi connectivity index (χ0) is 23.8. The third kappa shape index (κ3) is 3.96. The van der Waals surface area contributed by atoms with Crippen LogP contribution in [-0.2, 0) is 0 Å². The second-order valence-corrected chi connectivity index (χ2v) is 8.52. The van der Waals surface area contributed by atoms with Gasteiger partial charge in [0.1, 0.15) is 6.07 Å². The average Bonchev–Trinajstić information content (AvgIpc) is 3.46. The van der Waals surface area contributed by atoms with Crippen molar-refractivity contribution in [2.45, 2.75) is 12.5 Å². The fraction of sp³-hybridized carbons (Fsp3) is 0.182. The predicted molar refractivity (Wildman–Crippen MR) is 127 cm³/mol. The molecule has 1 aliphatic heterocycles. The van der Waals surface area contributed by atoms with E-state index >= 15 is 0 Å². The van der Waals surface area contributed by atoms with Crippen LogP contribution in [0.5, 0.6) is 0 Å². The molecular formula is C22H16Cl2N8O2. The van der Waals surface area contributed by atoms with Crippen LogP contribution in [0.4, 0.5) is 11.6 Å². The smallest absolute Gasteiger partial charge is 0.253 e. The Morgan fingerprint density at radius 3 is 2.71 bits per heavy atom. The van der Waals surface area contributed by atoms with Crippen LogP contribution in [0.1, 0.15) is 22.6 Å². The van der Waals surface area contributed by atoms with Gasteiger partial charge in [0.15, 0.2) is 11.6 Å². The van der Waals surface area contributed by atoms with Crippen LogP contribution in [-0.4, -0.2) is 45.1 Å². The van der Waals surface area contributed by atoms with Gasteiger partial charge in [-0.3, -0.25) is 4.79 Å². The quantitative estimate of drug-likeness (QED) is 0.434. The molecule has 1 aliphatic rings. The molecule has 4 heterocycles. The second-order valence-electron chi connectivity index (χ2n) is 7.71. The van der Waals surface area contributed by atoms with Crippen molar-refractivity contribution in [2.24, 2.45) is 0 Å². The number of hydrogen-bond acceptors (Lipinski definition) is 9. The number of anilines is 2. The number of pyridine rings is 1. The van der Waals surface area contributed by atoms with Crippen molar-refractivity contribution in [1.29, 1.82) is 5.26 Å². The van der Waals surface area contributed by atoms with Gasteiger partial charge in [-0.15, -0.1) is 0 Å². The van der Waals surface area contributed by atoms with Crippen LogP contribution >= 0.6 is 23.2 Å². The number of nitrogens with one attached hydrogen (secondary N) is 1. The number of nitrogens with zero attached hydrogens (tertiary/aromatic N) is 6. The number of benzene rings is 1. The fourth-order valence-electron chi connectivity index (χ4n) is 3.90. The number of nitrogen functional groups attached to an aromatic ring is 1. The maximum atomic E-state index is 12.9. The number of carbonyl (C=O) groups excluding carboxylic acids is 1. The molecule has 10 nitrogen and oxygen atoms in total. The van der Waals surface area contributed by atoms with E-state index in [4.69, 9.17) is 38.7 Å². The lowest BCUT2D eigenvalue weighted by Gasteiger charge is -2.18. The van der Waals surface area contributed by atoms with E-state index in [9.17, 15) is 4.79 Å². The number of hydrogen-bond donors (Lipinski definition) is 2. The van der Waals surface area contributed by atoms with Gasteiger partial charge in [0.25, 0.3) is 5.91 Å². The minimum atomic E-state index is -0.280. The number of nitrogens with two attached hydrogens (primary N) is 1. The van der Waals surface area contributed by atoms with Crippen molar-refractivity contribution in [2.75, 3.05) is 23.7 Å². The molecule has 1 unspecified atom stereocenters. The SMILES string of the molecule is N#Cc1ncc(-c2ccc(C(=O)NC3CCN(c4ncc(Cl)c5c(N)noc45)C3)c(Cl)c2)cn1. The Hall–Kier alpha value is -3.94. The summed E-state index contributed by atoms with van der Waals surface area (Å²) in [6.07, 6.45) is 5.29. The molecule has 0 radical (unpaired) electrons. The molecule has 0 saturated carbocycles. The molecule has 1 amide bonds. The molecule has 5 rings (SSSR count). The summed E-state index contributed by atoms with van der Waals surface area (Å²) in [7, 11) is 0. The highest BCUT2D eigenvalue weighted by molar-refractivity contribution is 6.36. The van der Waals surface area contributed by atoms with Crippen molar-refractivity contribution < 1.29 is 9.32 Å². The maximum absolute atomic E-state index is 12.9. The van der Waals surface area contributed by atoms with Crippen molar-refractivity contribution in [3.8, 4) is 17.2 Å². The summed E-state index contributed by atoms with van der Waals surface area (Å²) < 4.78 is 5.34. The number of amides is 1. The number of nitriles is 1. The lowest BCUT2D eigenvalue weighted by molar-refractivity contribution is 0.0940. The molecule has 12 heteroatoms. The third-order valence-corrected chi connectivity index (χ3v) is 6.18. The molecular weight excluding hydrogens is 479 g/mol. The van der Waals surface area contributed by atoms with Crippen molar-refractivity contribution in [1.82, 2.24) is 25.4 Å². The first kappa shape index (κ1) is 21.9. The van der Waals surface area contributed by atoms with Crippen LogP contribution in [0.2, 0.25) is 10.0 Å². The zero-order valence-corrected chi connectivity index (χ0v) is 19.0. The highest BCUT2D eigenvalue weighted by atomic mass is 35.5. The standard InChI is InChI=1S/C22H16Cl2N8O2/c23-15-5-11(12-7-27-17(6-25)28-8-12)1-2-14(15)22(33)30-13-3-4-32(10-13)21-19-18(16(24)9-29-21)20(26)31-34-19/h1-2,5,7-9,13H,3-4,10H2,(H2,26,31)(H,30,33). The van der Waals surface area contributed by atoms with Crippen molar-refractivity contribution >= 4 is 51.7 Å². The van der Waals surface area contributed by atoms with Crippen LogP contribution < -0.4 is 16.0 Å². The van der Waals surface area contributed by atoms with Gasteiger partial charge >= 0.3 is 0 Å². The highest BCUT2D eigenvalue weighted by Gasteiger charge is 2.29. The molecule has 1 saturated heterocycles. The molecule has 0 bridgehead atoms. The van der Waals surface area contributed by atoms with Crippen molar-refractivity contribution in [3.05, 3.63) is 58.2 Å². The Labute approximate surface area is 203 Å². The number of aromatic nitrogens is 4. The molecule has 4 aromatic rings. The van der Waals surface area contributed by atoms with Gasteiger partial charge in [0.05, 0.1) is 21.0 Å². The van der Waals surface area contributed by atoms with E-state index in [2.05, 4.69) is 25.4 Å². The van der Waals surface area contributed by atoms with Gasteiger partial charge < -0.3 is 20.5 Å². The lowest BCUT2D eigenvalue weighted by atomic mass is 10.1. The molecule has 34 heavy (non-hydrogen) atoms. The van der Waals surface area contributed by atoms with E-state index in [1.807, 2.05) is 11.0 Å². The summed E-state index contributed by atoms with van der Waals surface area (Å²) >= 11 is 12.6. The number of carbonyl (C=O) groups is 1. The molecule has 1 fully saturated rings. The topological polar surface area (TPSA) is 147 Å². The summed E-state index contributed by atoms with van der Waals surface area (Å²) in [6, 6.07) is 6.83. The Morgan fingerprint density at radius 1 is 1.18 bits per heavy atom. The Kier molecular flexibility index (Phi) is 5.65. The van der Waals surface area contributed by atoms with Gasteiger partial charge in [-0.25, -0.2) is 15.0 Å². The molecule has 3 aromatic heterocycles. The van der Waals surface area contributed by atoms with Gasteiger partial charge in [0, 0.05) is 43.3 Å². The molecule has 1 atom stereocenters. The van der Waals surface area contributed by atoms with Crippen LogP contribution in [0.3, 0.4) is 0 Å². The van der Waals surface area contributed by atoms with Gasteiger partial charge in [0.2, 0.25) is 11.4 Å². The second kappa shape index (κ2) is 8.78. The normalized spacial score (nSPS) is 15.4. The minimum Gasteiger partial charge on any atom is -0.380 e. The Balaban J connectivity index is 1.29. The third-order valence-electron chi connectivity index (χ3n) is 5.58. The first-order chi connectivity index (χ1) is 16.4. The number of fused-ring (bicyclic) bond motifs is 1. The van der Waals surface area contributed by atoms with Gasteiger partial charge in [-0.2, -0.15) is 5.26 Å². The van der Waals surface area contributed by atoms with Gasteiger partial charge in [-0.05, 0) is 24.1 Å². The Bertz CT molecular complexity index is 1450. The lowest BCUT2D eigenvalue weighted by Crippen LogP contribution is -2.37. The first-order valence-corrected chi connectivity index (χ1v) is 11.0. The van der Waals surface area contributed by atoms with E-state index in [1.165, 1.54) is 18.6 Å². The number of rotatable bonds is 4. The summed E-state index contributed by atoms with van der Waals surface area (Å²) in [5, 5.41) is 16.8. The van der Waals surface area contributed by atoms with Crippen LogP contribution in [0.15, 0.2) is 41.3 Å². The van der Waals surface area contributed by atoms with E-state index < -0.39 is 0 Å². The fourth-order valence-corrected chi connectivity index (χ4v) is 4.40. The zero-order valence-electron chi connectivity index (χ0n) is 17.5. The largest absolute Gasteiger partial charge is 0.380 e. The predicted octanol–water partition coefficient (Wildman–Crippen LogP) is 3.45. The van der Waals surface area contributed by atoms with Crippen molar-refractivity contribution in [3.63, 3.8) is 0 Å². The maximum Gasteiger partial charge on any atom is 0.253 e. The monoisotopic (exact) mass is 494 g/mol. The molecule has 0 spiro atoms. The summed E-state index contributed by atoms with van der Waals surface area (Å²) in [6.45, 7) is 1.18. The summed E-state index contributed by atoms with van der Waals surface area (Å²) in [4.78, 5) is 27.2. The molecule has 0 aliphatic carbocycles. The average molecular weight is 495 g/mol. The minimum absolute atomic E-state index is 0.0813.